The fourth-order valence-corrected chi connectivity index (χ4v) is 13.4. The number of hydrogen-bond acceptors (Lipinski definition) is 0. The van der Waals surface area contributed by atoms with Gasteiger partial charge < -0.3 is 0 Å². The molecular formula is C30H46ClFePSi. The van der Waals surface area contributed by atoms with Crippen LogP contribution in [0.3, 0.4) is 0 Å². The molecular weight excluding hydrogens is 511 g/mol. The maximum Gasteiger partial charge on any atom is 0.0505 e. The topological polar surface area (TPSA) is 0 Å². The number of alkyl halides is 1. The van der Waals surface area contributed by atoms with E-state index in [4.69, 9.17) is 11.6 Å². The molecule has 0 N–H and O–H groups in total. The standard InChI is InChI=1S/C20H25P.C10H21ClSi.Fe/c1-16(2)19-14-9-15-20(19)21(17-10-5-3-6-11-17)18-12-7-4-8-13-18;1-12(2,9-5-8-11)10-6-3-4-7-10;/h3-8,10-13,16,19-20H,9,14-15H2,1-2H3;10H,3-9H2,1-2H3;. The van der Waals surface area contributed by atoms with Gasteiger partial charge in [0, 0.05) is 22.9 Å². The minimum absolute atomic E-state index is 0. The summed E-state index contributed by atoms with van der Waals surface area (Å²) in [5, 5.41) is 3.10. The van der Waals surface area contributed by atoms with Crippen LogP contribution in [-0.2, 0) is 17.1 Å². The fraction of sp³-hybridized carbons (Fsp3) is 0.600. The maximum atomic E-state index is 5.74. The van der Waals surface area contributed by atoms with Crippen molar-refractivity contribution in [3.63, 3.8) is 0 Å². The van der Waals surface area contributed by atoms with Gasteiger partial charge in [0.05, 0.1) is 8.07 Å². The third-order valence-corrected chi connectivity index (χ3v) is 15.9. The predicted octanol–water partition coefficient (Wildman–Crippen LogP) is 9.21. The molecule has 0 nitrogen and oxygen atoms in total. The Morgan fingerprint density at radius 3 is 1.82 bits per heavy atom. The molecule has 4 heteroatoms. The Bertz CT molecular complexity index is 752. The van der Waals surface area contributed by atoms with E-state index in [1.165, 1.54) is 57.4 Å². The number of halogens is 1. The van der Waals surface area contributed by atoms with Gasteiger partial charge in [-0.05, 0) is 60.8 Å². The minimum Gasteiger partial charge on any atom is -0.127 e. The van der Waals surface area contributed by atoms with Gasteiger partial charge in [-0.2, -0.15) is 0 Å². The second-order valence-electron chi connectivity index (χ2n) is 11.2. The summed E-state index contributed by atoms with van der Waals surface area (Å²) in [6.07, 6.45) is 11.5. The molecule has 2 aliphatic rings. The second-order valence-corrected chi connectivity index (χ2v) is 19.3. The van der Waals surface area contributed by atoms with Crippen molar-refractivity contribution in [2.45, 2.75) is 95.6 Å². The van der Waals surface area contributed by atoms with Crippen LogP contribution in [0.15, 0.2) is 60.7 Å². The van der Waals surface area contributed by atoms with Crippen molar-refractivity contribution in [2.24, 2.45) is 11.8 Å². The first-order valence-electron chi connectivity index (χ1n) is 13.4. The zero-order valence-electron chi connectivity index (χ0n) is 21.8. The quantitative estimate of drug-likeness (QED) is 0.173. The number of rotatable bonds is 8. The van der Waals surface area contributed by atoms with E-state index in [9.17, 15) is 0 Å². The zero-order chi connectivity index (χ0) is 23.7. The van der Waals surface area contributed by atoms with Crippen molar-refractivity contribution < 1.29 is 17.1 Å². The van der Waals surface area contributed by atoms with Crippen molar-refractivity contribution in [2.75, 3.05) is 5.88 Å². The minimum atomic E-state index is -0.876. The van der Waals surface area contributed by atoms with Gasteiger partial charge in [0.1, 0.15) is 0 Å². The molecule has 0 aliphatic heterocycles. The summed E-state index contributed by atoms with van der Waals surface area (Å²) in [6.45, 7) is 9.92. The average Bonchev–Trinajstić information content (AvgIpc) is 3.53. The van der Waals surface area contributed by atoms with E-state index >= 15 is 0 Å². The van der Waals surface area contributed by atoms with Crippen molar-refractivity contribution in [3.8, 4) is 0 Å². The first kappa shape index (κ1) is 30.1. The van der Waals surface area contributed by atoms with Crippen LogP contribution in [0, 0.1) is 11.8 Å². The molecule has 190 valence electrons. The van der Waals surface area contributed by atoms with Gasteiger partial charge in [-0.3, -0.25) is 0 Å². The average molecular weight is 557 g/mol. The fourth-order valence-electron chi connectivity index (χ4n) is 6.21. The van der Waals surface area contributed by atoms with E-state index < -0.39 is 8.07 Å². The molecule has 4 rings (SSSR count). The Labute approximate surface area is 228 Å². The molecule has 2 saturated carbocycles. The maximum absolute atomic E-state index is 5.74. The van der Waals surface area contributed by atoms with Crippen LogP contribution in [0.4, 0.5) is 0 Å². The van der Waals surface area contributed by atoms with Crippen LogP contribution in [0.25, 0.3) is 0 Å². The molecule has 0 bridgehead atoms. The van der Waals surface area contributed by atoms with Crippen molar-refractivity contribution in [1.29, 1.82) is 0 Å². The number of hydrogen-bond donors (Lipinski definition) is 0. The molecule has 2 fully saturated rings. The van der Waals surface area contributed by atoms with Gasteiger partial charge in [0.2, 0.25) is 0 Å². The molecule has 34 heavy (non-hydrogen) atoms. The van der Waals surface area contributed by atoms with E-state index in [1.807, 2.05) is 0 Å². The number of benzene rings is 2. The molecule has 0 amide bonds. The Morgan fingerprint density at radius 1 is 0.824 bits per heavy atom. The second kappa shape index (κ2) is 15.2. The van der Waals surface area contributed by atoms with Crippen LogP contribution < -0.4 is 10.6 Å². The summed E-state index contributed by atoms with van der Waals surface area (Å²) in [5.41, 5.74) is 1.96. The van der Waals surface area contributed by atoms with Crippen molar-refractivity contribution in [1.82, 2.24) is 0 Å². The third kappa shape index (κ3) is 8.49. The summed E-state index contributed by atoms with van der Waals surface area (Å²) in [6, 6.07) is 23.9. The Balaban J connectivity index is 0.000000270. The first-order chi connectivity index (χ1) is 15.9. The molecule has 0 saturated heterocycles. The molecule has 2 aliphatic carbocycles. The van der Waals surface area contributed by atoms with Gasteiger partial charge in [-0.1, -0.05) is 126 Å². The van der Waals surface area contributed by atoms with Crippen LogP contribution in [0.1, 0.15) is 65.2 Å². The Kier molecular flexibility index (Phi) is 13.5. The van der Waals surface area contributed by atoms with E-state index in [2.05, 4.69) is 87.6 Å². The van der Waals surface area contributed by atoms with Gasteiger partial charge in [-0.15, -0.1) is 11.6 Å². The summed E-state index contributed by atoms with van der Waals surface area (Å²) >= 11 is 5.74. The predicted molar refractivity (Wildman–Crippen MR) is 155 cm³/mol. The molecule has 2 aromatic carbocycles. The van der Waals surface area contributed by atoms with Crippen molar-refractivity contribution in [3.05, 3.63) is 60.7 Å². The Morgan fingerprint density at radius 2 is 1.35 bits per heavy atom. The molecule has 0 heterocycles. The first-order valence-corrected chi connectivity index (χ1v) is 18.6. The normalized spacial score (nSPS) is 20.8. The molecule has 0 aromatic heterocycles. The summed E-state index contributed by atoms with van der Waals surface area (Å²) in [7, 11) is -1.10. The molecule has 2 atom stereocenters. The van der Waals surface area contributed by atoms with Crippen LogP contribution >= 0.6 is 19.5 Å². The summed E-state index contributed by atoms with van der Waals surface area (Å²) in [5.74, 6) is 2.55. The van der Waals surface area contributed by atoms with Gasteiger partial charge in [0.15, 0.2) is 0 Å². The third-order valence-electron chi connectivity index (χ3n) is 8.20. The van der Waals surface area contributed by atoms with E-state index in [1.54, 1.807) is 10.6 Å². The van der Waals surface area contributed by atoms with Gasteiger partial charge >= 0.3 is 0 Å². The summed E-state index contributed by atoms with van der Waals surface area (Å²) < 4.78 is 0. The Hall–Kier alpha value is -0.104. The zero-order valence-corrected chi connectivity index (χ0v) is 25.6. The van der Waals surface area contributed by atoms with Crippen molar-refractivity contribution >= 4 is 38.2 Å². The van der Waals surface area contributed by atoms with Gasteiger partial charge in [0.25, 0.3) is 0 Å². The van der Waals surface area contributed by atoms with Crippen LogP contribution in [0.2, 0.25) is 24.7 Å². The van der Waals surface area contributed by atoms with Crippen LogP contribution in [-0.4, -0.2) is 19.6 Å². The van der Waals surface area contributed by atoms with E-state index in [-0.39, 0.29) is 25.0 Å². The molecule has 0 spiro atoms. The molecule has 2 unspecified atom stereocenters. The summed E-state index contributed by atoms with van der Waals surface area (Å²) in [4.78, 5) is 0. The van der Waals surface area contributed by atoms with E-state index in [0.717, 1.165) is 28.9 Å². The van der Waals surface area contributed by atoms with E-state index in [0.29, 0.717) is 0 Å². The van der Waals surface area contributed by atoms with Crippen LogP contribution in [0.5, 0.6) is 0 Å². The molecule has 2 aromatic rings. The van der Waals surface area contributed by atoms with Gasteiger partial charge in [-0.25, -0.2) is 0 Å². The smallest absolute Gasteiger partial charge is 0.0505 e. The SMILES string of the molecule is CC(C)C1CCCC1P(c1ccccc1)c1ccccc1.C[Si](C)(CCCCl)C1CCCC1.[Fe]. The monoisotopic (exact) mass is 556 g/mol. The molecule has 0 radical (unpaired) electrons. The largest absolute Gasteiger partial charge is 0.127 e.